The number of aliphatic imine (C=N–C) groups is 2. The number of benzene rings is 7. The molecule has 0 amide bonds. The first-order valence-corrected chi connectivity index (χ1v) is 17.0. The van der Waals surface area contributed by atoms with Crippen molar-refractivity contribution in [2.45, 2.75) is 11.6 Å². The quantitative estimate of drug-likeness (QED) is 0.208. The Morgan fingerprint density at radius 2 is 1.04 bits per heavy atom. The predicted molar refractivity (Wildman–Crippen MR) is 201 cm³/mol. The van der Waals surface area contributed by atoms with E-state index in [9.17, 15) is 0 Å². The maximum Gasteiger partial charge on any atom is 0.159 e. The van der Waals surface area contributed by atoms with Gasteiger partial charge in [-0.1, -0.05) is 158 Å². The molecule has 1 unspecified atom stereocenters. The van der Waals surface area contributed by atoms with Gasteiger partial charge < -0.3 is 10.1 Å². The number of para-hydroxylation sites is 1. The second-order valence-electron chi connectivity index (χ2n) is 12.9. The number of hydrogen-bond donors (Lipinski definition) is 1. The van der Waals surface area contributed by atoms with Crippen LogP contribution in [-0.2, 0) is 5.41 Å². The Hall–Kier alpha value is -6.52. The van der Waals surface area contributed by atoms with E-state index in [1.165, 1.54) is 22.3 Å². The summed E-state index contributed by atoms with van der Waals surface area (Å²) in [5.74, 6) is 3.27. The number of nitrogens with zero attached hydrogens (tertiary/aromatic N) is 2. The highest BCUT2D eigenvalue weighted by molar-refractivity contribution is 6.13. The summed E-state index contributed by atoms with van der Waals surface area (Å²) in [5, 5.41) is 3.65. The topological polar surface area (TPSA) is 46.0 Å². The fourth-order valence-electron chi connectivity index (χ4n) is 8.11. The van der Waals surface area contributed by atoms with E-state index in [0.717, 1.165) is 56.3 Å². The molecular weight excluding hydrogens is 611 g/mol. The van der Waals surface area contributed by atoms with E-state index >= 15 is 0 Å². The van der Waals surface area contributed by atoms with Crippen LogP contribution in [0.5, 0.6) is 11.5 Å². The molecule has 0 saturated carbocycles. The van der Waals surface area contributed by atoms with Gasteiger partial charge in [-0.15, -0.1) is 0 Å². The normalized spacial score (nSPS) is 16.1. The molecule has 4 heteroatoms. The molecule has 7 aromatic carbocycles. The molecule has 1 aliphatic carbocycles. The average molecular weight is 642 g/mol. The summed E-state index contributed by atoms with van der Waals surface area (Å²) in [5.41, 5.74) is 12.1. The maximum absolute atomic E-state index is 6.78. The zero-order valence-electron chi connectivity index (χ0n) is 27.1. The van der Waals surface area contributed by atoms with Crippen molar-refractivity contribution in [2.24, 2.45) is 9.98 Å². The standard InChI is InChI=1S/C46H31N3O/c1-3-15-30(16-4-1)43-47-44(31-17-5-2-6-18-31)49-45(48-43)33-20-13-19-32(29-33)34-23-14-28-41-42(34)46(39-26-11-12-27-40(39)50-41)37-24-9-7-21-35(37)36-22-8-10-25-38(36)46/h1-29,45H,(H,47,48,49). The molecule has 50 heavy (non-hydrogen) atoms. The minimum absolute atomic E-state index is 0.337. The Morgan fingerprint density at radius 3 is 1.78 bits per heavy atom. The van der Waals surface area contributed by atoms with Gasteiger partial charge in [0.15, 0.2) is 5.84 Å². The van der Waals surface area contributed by atoms with Crippen LogP contribution in [0.1, 0.15) is 45.1 Å². The second-order valence-corrected chi connectivity index (χ2v) is 12.9. The third-order valence-electron chi connectivity index (χ3n) is 10.2. The molecule has 7 aromatic rings. The Morgan fingerprint density at radius 1 is 0.480 bits per heavy atom. The van der Waals surface area contributed by atoms with Crippen LogP contribution in [0.15, 0.2) is 186 Å². The van der Waals surface area contributed by atoms with Crippen molar-refractivity contribution in [3.8, 4) is 33.8 Å². The van der Waals surface area contributed by atoms with Crippen LogP contribution in [0, 0.1) is 0 Å². The number of hydrogen-bond acceptors (Lipinski definition) is 4. The van der Waals surface area contributed by atoms with Crippen LogP contribution in [0.3, 0.4) is 0 Å². The Bertz CT molecular complexity index is 2450. The predicted octanol–water partition coefficient (Wildman–Crippen LogP) is 10.3. The van der Waals surface area contributed by atoms with E-state index in [1.807, 2.05) is 36.4 Å². The fourth-order valence-corrected chi connectivity index (χ4v) is 8.11. The van der Waals surface area contributed by atoms with Gasteiger partial charge in [0.1, 0.15) is 23.5 Å². The van der Waals surface area contributed by atoms with Gasteiger partial charge in [0.05, 0.1) is 5.41 Å². The molecule has 3 aliphatic rings. The molecule has 0 bridgehead atoms. The van der Waals surface area contributed by atoms with Gasteiger partial charge in [0, 0.05) is 22.3 Å². The van der Waals surface area contributed by atoms with Gasteiger partial charge in [-0.25, -0.2) is 9.98 Å². The maximum atomic E-state index is 6.78. The van der Waals surface area contributed by atoms with E-state index in [-0.39, 0.29) is 6.17 Å². The van der Waals surface area contributed by atoms with Crippen molar-refractivity contribution in [1.29, 1.82) is 0 Å². The van der Waals surface area contributed by atoms with E-state index in [2.05, 4.69) is 145 Å². The lowest BCUT2D eigenvalue weighted by molar-refractivity contribution is 0.437. The lowest BCUT2D eigenvalue weighted by atomic mass is 9.64. The zero-order chi connectivity index (χ0) is 33.1. The minimum atomic E-state index is -0.557. The molecule has 1 N–H and O–H groups in total. The van der Waals surface area contributed by atoms with Crippen LogP contribution in [0.25, 0.3) is 22.3 Å². The van der Waals surface area contributed by atoms with Crippen molar-refractivity contribution in [1.82, 2.24) is 5.32 Å². The van der Waals surface area contributed by atoms with Gasteiger partial charge in [0.25, 0.3) is 0 Å². The molecule has 2 aliphatic heterocycles. The SMILES string of the molecule is c1ccc(C2=NC(c3cccc(-c4cccc5c4C4(c6ccccc6O5)c5ccccc5-c5ccccc54)c3)NC(c3ccccc3)=N2)cc1. The zero-order valence-corrected chi connectivity index (χ0v) is 27.1. The highest BCUT2D eigenvalue weighted by atomic mass is 16.5. The number of nitrogens with one attached hydrogen (secondary N) is 1. The summed E-state index contributed by atoms with van der Waals surface area (Å²) < 4.78 is 6.78. The van der Waals surface area contributed by atoms with Gasteiger partial charge in [-0.05, 0) is 57.1 Å². The fraction of sp³-hybridized carbons (Fsp3) is 0.0435. The van der Waals surface area contributed by atoms with Crippen molar-refractivity contribution in [3.05, 3.63) is 215 Å². The molecule has 0 saturated heterocycles. The first kappa shape index (κ1) is 28.5. The van der Waals surface area contributed by atoms with Crippen LogP contribution in [-0.4, -0.2) is 11.7 Å². The minimum Gasteiger partial charge on any atom is -0.457 e. The highest BCUT2D eigenvalue weighted by Crippen LogP contribution is 2.63. The molecule has 10 rings (SSSR count). The van der Waals surface area contributed by atoms with Gasteiger partial charge in [-0.3, -0.25) is 0 Å². The van der Waals surface area contributed by atoms with E-state index < -0.39 is 5.41 Å². The van der Waals surface area contributed by atoms with Crippen molar-refractivity contribution in [2.75, 3.05) is 0 Å². The highest BCUT2D eigenvalue weighted by Gasteiger charge is 2.52. The molecular formula is C46H31N3O. The summed E-state index contributed by atoms with van der Waals surface area (Å²) in [4.78, 5) is 10.2. The molecule has 4 nitrogen and oxygen atoms in total. The van der Waals surface area contributed by atoms with Crippen LogP contribution in [0.4, 0.5) is 0 Å². The Balaban J connectivity index is 1.17. The molecule has 1 spiro atoms. The second kappa shape index (κ2) is 11.3. The third-order valence-corrected chi connectivity index (χ3v) is 10.2. The first-order valence-electron chi connectivity index (χ1n) is 17.0. The largest absolute Gasteiger partial charge is 0.457 e. The van der Waals surface area contributed by atoms with E-state index in [4.69, 9.17) is 14.7 Å². The molecule has 0 radical (unpaired) electrons. The molecule has 2 heterocycles. The van der Waals surface area contributed by atoms with Gasteiger partial charge in [-0.2, -0.15) is 0 Å². The van der Waals surface area contributed by atoms with Crippen LogP contribution < -0.4 is 10.1 Å². The monoisotopic (exact) mass is 641 g/mol. The number of amidine groups is 2. The smallest absolute Gasteiger partial charge is 0.159 e. The van der Waals surface area contributed by atoms with Gasteiger partial charge >= 0.3 is 0 Å². The van der Waals surface area contributed by atoms with Crippen molar-refractivity contribution < 1.29 is 4.74 Å². The third kappa shape index (κ3) is 4.25. The van der Waals surface area contributed by atoms with Crippen molar-refractivity contribution >= 4 is 11.7 Å². The summed E-state index contributed by atoms with van der Waals surface area (Å²) in [6, 6.07) is 61.9. The van der Waals surface area contributed by atoms with Crippen LogP contribution in [0.2, 0.25) is 0 Å². The lowest BCUT2D eigenvalue weighted by Gasteiger charge is -2.40. The average Bonchev–Trinajstić information content (AvgIpc) is 3.49. The lowest BCUT2D eigenvalue weighted by Crippen LogP contribution is -2.33. The number of ether oxygens (including phenoxy) is 1. The molecule has 236 valence electrons. The molecule has 0 fully saturated rings. The Kier molecular flexibility index (Phi) is 6.43. The van der Waals surface area contributed by atoms with E-state index in [0.29, 0.717) is 5.84 Å². The summed E-state index contributed by atoms with van der Waals surface area (Å²) in [7, 11) is 0. The van der Waals surface area contributed by atoms with E-state index in [1.54, 1.807) is 0 Å². The van der Waals surface area contributed by atoms with Crippen molar-refractivity contribution in [3.63, 3.8) is 0 Å². The molecule has 0 aromatic heterocycles. The van der Waals surface area contributed by atoms with Gasteiger partial charge in [0.2, 0.25) is 0 Å². The van der Waals surface area contributed by atoms with Crippen LogP contribution >= 0.6 is 0 Å². The Labute approximate surface area is 291 Å². The number of fused-ring (bicyclic) bond motifs is 9. The summed E-state index contributed by atoms with van der Waals surface area (Å²) >= 11 is 0. The summed E-state index contributed by atoms with van der Waals surface area (Å²) in [6.07, 6.45) is -0.337. The number of rotatable bonds is 4. The first-order chi connectivity index (χ1) is 24.8. The molecule has 1 atom stereocenters. The summed E-state index contributed by atoms with van der Waals surface area (Å²) in [6.45, 7) is 0.